The Balaban J connectivity index is 1.37. The first-order valence-corrected chi connectivity index (χ1v) is 10.3. The Kier molecular flexibility index (Phi) is 5.25. The third kappa shape index (κ3) is 3.90. The number of hydrogen-bond donors (Lipinski definition) is 0. The molecule has 1 amide bonds. The van der Waals surface area contributed by atoms with Crippen LogP contribution >= 0.6 is 0 Å². The van der Waals surface area contributed by atoms with Gasteiger partial charge < -0.3 is 9.32 Å². The summed E-state index contributed by atoms with van der Waals surface area (Å²) in [7, 11) is 0. The summed E-state index contributed by atoms with van der Waals surface area (Å²) >= 11 is 0. The second-order valence-corrected chi connectivity index (χ2v) is 7.44. The third-order valence-electron chi connectivity index (χ3n) is 5.34. The van der Waals surface area contributed by atoms with Crippen LogP contribution in [-0.2, 0) is 0 Å². The number of pyridine rings is 1. The molecule has 1 aliphatic rings. The minimum absolute atomic E-state index is 0.0246. The first-order valence-electron chi connectivity index (χ1n) is 10.3. The van der Waals surface area contributed by atoms with Crippen LogP contribution in [-0.4, -0.2) is 49.0 Å². The summed E-state index contributed by atoms with van der Waals surface area (Å²) in [6.07, 6.45) is 7.70. The zero-order chi connectivity index (χ0) is 21.9. The highest BCUT2D eigenvalue weighted by Gasteiger charge is 2.21. The van der Waals surface area contributed by atoms with Gasteiger partial charge in [0.05, 0.1) is 23.1 Å². The normalized spacial score (nSPS) is 13.7. The van der Waals surface area contributed by atoms with Crippen LogP contribution in [0.4, 0.5) is 0 Å². The molecular weight excluding hydrogens is 404 g/mol. The first kappa shape index (κ1) is 19.7. The summed E-state index contributed by atoms with van der Waals surface area (Å²) in [4.78, 5) is 27.7. The summed E-state index contributed by atoms with van der Waals surface area (Å²) in [6.45, 7) is 2.97. The highest BCUT2D eigenvalue weighted by atomic mass is 16.4. The van der Waals surface area contributed by atoms with E-state index in [4.69, 9.17) is 9.40 Å². The van der Waals surface area contributed by atoms with Gasteiger partial charge in [-0.15, -0.1) is 10.2 Å². The van der Waals surface area contributed by atoms with Crippen molar-refractivity contribution in [2.75, 3.05) is 13.1 Å². The van der Waals surface area contributed by atoms with Crippen LogP contribution < -0.4 is 0 Å². The van der Waals surface area contributed by atoms with Gasteiger partial charge in [-0.1, -0.05) is 24.3 Å². The zero-order valence-electron chi connectivity index (χ0n) is 17.5. The molecule has 1 aromatic carbocycles. The number of amides is 1. The van der Waals surface area contributed by atoms with Crippen molar-refractivity contribution in [3.05, 3.63) is 84.1 Å². The lowest BCUT2D eigenvalue weighted by molar-refractivity contribution is 0.0772. The lowest BCUT2D eigenvalue weighted by atomic mass is 10.0. The van der Waals surface area contributed by atoms with Gasteiger partial charge in [0.25, 0.3) is 11.8 Å². The van der Waals surface area contributed by atoms with Crippen LogP contribution in [0.3, 0.4) is 0 Å². The van der Waals surface area contributed by atoms with E-state index in [2.05, 4.69) is 20.2 Å². The molecule has 0 saturated heterocycles. The molecule has 3 aromatic heterocycles. The number of aryl methyl sites for hydroxylation is 1. The van der Waals surface area contributed by atoms with Gasteiger partial charge in [-0.05, 0) is 43.2 Å². The Hall–Kier alpha value is -4.20. The smallest absolute Gasteiger partial charge is 0.268 e. The third-order valence-corrected chi connectivity index (χ3v) is 5.34. The number of aromatic nitrogens is 5. The van der Waals surface area contributed by atoms with Crippen molar-refractivity contribution >= 4 is 11.5 Å². The number of nitrogens with zero attached hydrogens (tertiary/aromatic N) is 6. The van der Waals surface area contributed by atoms with Crippen molar-refractivity contribution in [2.45, 2.75) is 13.3 Å². The van der Waals surface area contributed by atoms with Crippen molar-refractivity contribution in [3.63, 3.8) is 0 Å². The van der Waals surface area contributed by atoms with Crippen molar-refractivity contribution < 1.29 is 9.21 Å². The van der Waals surface area contributed by atoms with E-state index >= 15 is 0 Å². The average molecular weight is 424 g/mol. The minimum atomic E-state index is -0.0246. The van der Waals surface area contributed by atoms with Gasteiger partial charge in [0.1, 0.15) is 5.69 Å². The molecule has 32 heavy (non-hydrogen) atoms. The average Bonchev–Trinajstić information content (AvgIpc) is 3.35. The molecule has 0 radical (unpaired) electrons. The molecule has 4 aromatic rings. The minimum Gasteiger partial charge on any atom is -0.415 e. The van der Waals surface area contributed by atoms with E-state index in [0.717, 1.165) is 16.8 Å². The number of benzene rings is 1. The van der Waals surface area contributed by atoms with E-state index in [9.17, 15) is 4.79 Å². The number of hydrogen-bond acceptors (Lipinski definition) is 7. The maximum atomic E-state index is 12.6. The van der Waals surface area contributed by atoms with Crippen LogP contribution in [0.25, 0.3) is 28.6 Å². The van der Waals surface area contributed by atoms with Gasteiger partial charge in [0.15, 0.2) is 0 Å². The Morgan fingerprint density at radius 3 is 2.62 bits per heavy atom. The molecule has 8 heteroatoms. The summed E-state index contributed by atoms with van der Waals surface area (Å²) < 4.78 is 5.87. The second kappa shape index (κ2) is 8.50. The summed E-state index contributed by atoms with van der Waals surface area (Å²) in [6, 6.07) is 13.1. The monoisotopic (exact) mass is 424 g/mol. The largest absolute Gasteiger partial charge is 0.415 e. The van der Waals surface area contributed by atoms with Gasteiger partial charge >= 0.3 is 0 Å². The van der Waals surface area contributed by atoms with E-state index in [0.29, 0.717) is 48.2 Å². The summed E-state index contributed by atoms with van der Waals surface area (Å²) in [5, 5.41) is 8.34. The molecular formula is C24H20N6O2. The maximum absolute atomic E-state index is 12.6. The van der Waals surface area contributed by atoms with E-state index < -0.39 is 0 Å². The SMILES string of the molecule is Cc1ncc(C2=CCN(C(=O)c3cccnc3)CC2)nc1-c1nnc(-c2ccccc2)o1. The molecule has 8 nitrogen and oxygen atoms in total. The number of carbonyl (C=O) groups is 1. The highest BCUT2D eigenvalue weighted by molar-refractivity contribution is 5.94. The fourth-order valence-corrected chi connectivity index (χ4v) is 3.58. The zero-order valence-corrected chi connectivity index (χ0v) is 17.5. The topological polar surface area (TPSA) is 97.9 Å². The van der Waals surface area contributed by atoms with Crippen molar-refractivity contribution in [2.24, 2.45) is 0 Å². The van der Waals surface area contributed by atoms with Crippen LogP contribution in [0.2, 0.25) is 0 Å². The predicted octanol–water partition coefficient (Wildman–Crippen LogP) is 3.83. The van der Waals surface area contributed by atoms with Crippen molar-refractivity contribution in [3.8, 4) is 23.0 Å². The summed E-state index contributed by atoms with van der Waals surface area (Å²) in [5.41, 5.74) is 4.50. The maximum Gasteiger partial charge on any atom is 0.268 e. The fourth-order valence-electron chi connectivity index (χ4n) is 3.58. The Bertz CT molecular complexity index is 1280. The number of carbonyl (C=O) groups excluding carboxylic acids is 1. The Morgan fingerprint density at radius 1 is 1.03 bits per heavy atom. The van der Waals surface area contributed by atoms with Gasteiger partial charge in [0, 0.05) is 31.0 Å². The van der Waals surface area contributed by atoms with Gasteiger partial charge in [-0.3, -0.25) is 14.8 Å². The van der Waals surface area contributed by atoms with Crippen molar-refractivity contribution in [1.29, 1.82) is 0 Å². The Labute approximate surface area is 184 Å². The molecule has 0 spiro atoms. The molecule has 0 aliphatic carbocycles. The molecule has 5 rings (SSSR count). The van der Waals surface area contributed by atoms with E-state index in [1.54, 1.807) is 35.6 Å². The lowest BCUT2D eigenvalue weighted by Crippen LogP contribution is -2.34. The van der Waals surface area contributed by atoms with Gasteiger partial charge in [-0.25, -0.2) is 4.98 Å². The predicted molar refractivity (Wildman–Crippen MR) is 118 cm³/mol. The quantitative estimate of drug-likeness (QED) is 0.491. The molecule has 0 saturated carbocycles. The molecule has 0 N–H and O–H groups in total. The molecule has 0 bridgehead atoms. The number of rotatable bonds is 4. The van der Waals surface area contributed by atoms with E-state index in [-0.39, 0.29) is 5.91 Å². The highest BCUT2D eigenvalue weighted by Crippen LogP contribution is 2.27. The fraction of sp³-hybridized carbons (Fsp3) is 0.167. The standard InChI is InChI=1S/C24H20N6O2/c1-16-21(23-29-28-22(32-23)18-6-3-2-4-7-18)27-20(15-26-16)17-9-12-30(13-10-17)24(31)19-8-5-11-25-14-19/h2-9,11,14-15H,10,12-13H2,1H3. The molecule has 1 aliphatic heterocycles. The molecule has 4 heterocycles. The van der Waals surface area contributed by atoms with E-state index in [1.165, 1.54) is 0 Å². The lowest BCUT2D eigenvalue weighted by Gasteiger charge is -2.26. The van der Waals surface area contributed by atoms with Gasteiger partial charge in [-0.2, -0.15) is 0 Å². The van der Waals surface area contributed by atoms with Crippen LogP contribution in [0, 0.1) is 6.92 Å². The van der Waals surface area contributed by atoms with Crippen LogP contribution in [0.15, 0.2) is 71.5 Å². The molecule has 0 fully saturated rings. The first-order chi connectivity index (χ1) is 15.7. The van der Waals surface area contributed by atoms with Crippen LogP contribution in [0.1, 0.15) is 28.2 Å². The summed E-state index contributed by atoms with van der Waals surface area (Å²) in [5.74, 6) is 0.748. The van der Waals surface area contributed by atoms with E-state index in [1.807, 2.05) is 43.3 Å². The Morgan fingerprint density at radius 2 is 1.88 bits per heavy atom. The molecule has 0 atom stereocenters. The molecule has 0 unspecified atom stereocenters. The van der Waals surface area contributed by atoms with Crippen LogP contribution in [0.5, 0.6) is 0 Å². The van der Waals surface area contributed by atoms with Crippen molar-refractivity contribution in [1.82, 2.24) is 30.0 Å². The van der Waals surface area contributed by atoms with Gasteiger partial charge in [0.2, 0.25) is 5.89 Å². The second-order valence-electron chi connectivity index (χ2n) is 7.44. The molecule has 158 valence electrons.